The zero-order valence-corrected chi connectivity index (χ0v) is 10.4. The molecule has 0 saturated carbocycles. The van der Waals surface area contributed by atoms with Crippen LogP contribution in [0.4, 0.5) is 5.95 Å². The zero-order valence-electron chi connectivity index (χ0n) is 8.21. The second-order valence-corrected chi connectivity index (χ2v) is 4.23. The maximum atomic E-state index is 5.50. The van der Waals surface area contributed by atoms with Crippen LogP contribution in [0.2, 0.25) is 0 Å². The molecule has 82 valence electrons. The SMILES string of the molecule is Nn1cnnc1N/N=C\c1cccc(I)c1. The Bertz CT molecular complexity index is 506. The molecule has 0 bridgehead atoms. The van der Waals surface area contributed by atoms with Crippen molar-refractivity contribution in [2.45, 2.75) is 0 Å². The quantitative estimate of drug-likeness (QED) is 0.382. The fourth-order valence-electron chi connectivity index (χ4n) is 1.07. The van der Waals surface area contributed by atoms with Crippen molar-refractivity contribution in [1.82, 2.24) is 14.9 Å². The van der Waals surface area contributed by atoms with Crippen molar-refractivity contribution in [3.8, 4) is 0 Å². The number of rotatable bonds is 3. The van der Waals surface area contributed by atoms with Crippen molar-refractivity contribution in [1.29, 1.82) is 0 Å². The van der Waals surface area contributed by atoms with Gasteiger partial charge in [0.1, 0.15) is 6.33 Å². The highest BCUT2D eigenvalue weighted by Crippen LogP contribution is 2.05. The van der Waals surface area contributed by atoms with E-state index in [9.17, 15) is 0 Å². The van der Waals surface area contributed by atoms with E-state index in [-0.39, 0.29) is 0 Å². The summed E-state index contributed by atoms with van der Waals surface area (Å²) >= 11 is 2.24. The minimum atomic E-state index is 0.391. The zero-order chi connectivity index (χ0) is 11.4. The van der Waals surface area contributed by atoms with Gasteiger partial charge in [-0.05, 0) is 40.3 Å². The number of hydrazone groups is 1. The first-order valence-electron chi connectivity index (χ1n) is 4.45. The molecule has 1 heterocycles. The van der Waals surface area contributed by atoms with Crippen LogP contribution in [0.5, 0.6) is 0 Å². The first kappa shape index (κ1) is 10.9. The van der Waals surface area contributed by atoms with Crippen molar-refractivity contribution < 1.29 is 0 Å². The van der Waals surface area contributed by atoms with Gasteiger partial charge in [0.2, 0.25) is 0 Å². The van der Waals surface area contributed by atoms with Gasteiger partial charge in [0.05, 0.1) is 6.21 Å². The van der Waals surface area contributed by atoms with E-state index in [1.807, 2.05) is 24.3 Å². The van der Waals surface area contributed by atoms with Gasteiger partial charge in [-0.3, -0.25) is 0 Å². The molecule has 0 aliphatic carbocycles. The van der Waals surface area contributed by atoms with Gasteiger partial charge in [-0.1, -0.05) is 12.1 Å². The smallest absolute Gasteiger partial charge is 0.263 e. The maximum absolute atomic E-state index is 5.50. The third-order valence-corrected chi connectivity index (χ3v) is 2.47. The van der Waals surface area contributed by atoms with Crippen LogP contribution in [0.3, 0.4) is 0 Å². The molecule has 2 aromatic rings. The number of benzene rings is 1. The molecule has 3 N–H and O–H groups in total. The Morgan fingerprint density at radius 3 is 3.06 bits per heavy atom. The van der Waals surface area contributed by atoms with Crippen molar-refractivity contribution in [2.24, 2.45) is 5.10 Å². The number of nitrogen functional groups attached to an aromatic ring is 1. The first-order valence-corrected chi connectivity index (χ1v) is 5.53. The summed E-state index contributed by atoms with van der Waals surface area (Å²) in [5.41, 5.74) is 3.69. The Kier molecular flexibility index (Phi) is 3.34. The van der Waals surface area contributed by atoms with E-state index in [1.54, 1.807) is 6.21 Å². The molecule has 16 heavy (non-hydrogen) atoms. The molecule has 0 atom stereocenters. The molecule has 0 spiro atoms. The summed E-state index contributed by atoms with van der Waals surface area (Å²) in [6, 6.07) is 7.95. The van der Waals surface area contributed by atoms with E-state index in [1.165, 1.54) is 11.0 Å². The molecule has 1 aromatic carbocycles. The molecule has 0 aliphatic heterocycles. The van der Waals surface area contributed by atoms with Crippen molar-refractivity contribution in [3.63, 3.8) is 0 Å². The Morgan fingerprint density at radius 2 is 2.38 bits per heavy atom. The fraction of sp³-hybridized carbons (Fsp3) is 0. The lowest BCUT2D eigenvalue weighted by atomic mass is 10.2. The molecule has 0 radical (unpaired) electrons. The number of nitrogens with two attached hydrogens (primary N) is 1. The molecule has 0 unspecified atom stereocenters. The number of aromatic nitrogens is 3. The van der Waals surface area contributed by atoms with Crippen LogP contribution in [-0.2, 0) is 0 Å². The normalized spacial score (nSPS) is 10.8. The highest BCUT2D eigenvalue weighted by atomic mass is 127. The molecule has 6 nitrogen and oxygen atoms in total. The fourth-order valence-corrected chi connectivity index (χ4v) is 1.64. The van der Waals surface area contributed by atoms with E-state index in [2.05, 4.69) is 43.3 Å². The predicted octanol–water partition coefficient (Wildman–Crippen LogP) is 1.04. The number of nitrogens with zero attached hydrogens (tertiary/aromatic N) is 4. The van der Waals surface area contributed by atoms with Gasteiger partial charge < -0.3 is 5.84 Å². The van der Waals surface area contributed by atoms with Gasteiger partial charge in [-0.2, -0.15) is 5.10 Å². The number of hydrogen-bond donors (Lipinski definition) is 2. The predicted molar refractivity (Wildman–Crippen MR) is 70.5 cm³/mol. The Morgan fingerprint density at radius 1 is 1.50 bits per heavy atom. The van der Waals surface area contributed by atoms with Gasteiger partial charge >= 0.3 is 0 Å². The maximum Gasteiger partial charge on any atom is 0.263 e. The van der Waals surface area contributed by atoms with Crippen molar-refractivity contribution in [3.05, 3.63) is 39.7 Å². The summed E-state index contributed by atoms with van der Waals surface area (Å²) in [5.74, 6) is 5.89. The molecule has 0 fully saturated rings. The minimum Gasteiger partial charge on any atom is -0.335 e. The Hall–Kier alpha value is -1.64. The van der Waals surface area contributed by atoms with Gasteiger partial charge in [-0.15, -0.1) is 10.2 Å². The third-order valence-electron chi connectivity index (χ3n) is 1.80. The van der Waals surface area contributed by atoms with Gasteiger partial charge in [0.25, 0.3) is 5.95 Å². The summed E-state index contributed by atoms with van der Waals surface area (Å²) in [4.78, 5) is 0. The van der Waals surface area contributed by atoms with Crippen LogP contribution < -0.4 is 11.3 Å². The van der Waals surface area contributed by atoms with Crippen LogP contribution >= 0.6 is 22.6 Å². The first-order chi connectivity index (χ1) is 7.75. The topological polar surface area (TPSA) is 81.1 Å². The second-order valence-electron chi connectivity index (χ2n) is 2.99. The van der Waals surface area contributed by atoms with Crippen LogP contribution in [0.15, 0.2) is 35.7 Å². The van der Waals surface area contributed by atoms with Gasteiger partial charge in [0, 0.05) is 3.57 Å². The van der Waals surface area contributed by atoms with E-state index in [0.717, 1.165) is 9.13 Å². The van der Waals surface area contributed by atoms with E-state index >= 15 is 0 Å². The molecule has 1 aromatic heterocycles. The Labute approximate surface area is 106 Å². The standard InChI is InChI=1S/C9H9IN6/c10-8-3-1-2-7(4-8)5-12-14-9-15-13-6-16(9)11/h1-6H,11H2,(H,14,15)/b12-5-. The molecular weight excluding hydrogens is 319 g/mol. The molecule has 0 amide bonds. The number of anilines is 1. The lowest BCUT2D eigenvalue weighted by molar-refractivity contribution is 0.988. The monoisotopic (exact) mass is 328 g/mol. The largest absolute Gasteiger partial charge is 0.335 e. The van der Waals surface area contributed by atoms with Crippen LogP contribution in [0, 0.1) is 3.57 Å². The molecule has 7 heteroatoms. The van der Waals surface area contributed by atoms with E-state index in [0.29, 0.717) is 5.95 Å². The summed E-state index contributed by atoms with van der Waals surface area (Å²) in [6.07, 6.45) is 3.08. The lowest BCUT2D eigenvalue weighted by Gasteiger charge is -1.97. The molecule has 0 saturated heterocycles. The number of halogens is 1. The highest BCUT2D eigenvalue weighted by Gasteiger charge is 1.96. The Balaban J connectivity index is 2.03. The number of nitrogens with one attached hydrogen (secondary N) is 1. The molecular formula is C9H9IN6. The van der Waals surface area contributed by atoms with Crippen LogP contribution in [-0.4, -0.2) is 21.1 Å². The minimum absolute atomic E-state index is 0.391. The average molecular weight is 328 g/mol. The third kappa shape index (κ3) is 2.69. The summed E-state index contributed by atoms with van der Waals surface area (Å²) in [5, 5.41) is 11.3. The van der Waals surface area contributed by atoms with Crippen molar-refractivity contribution in [2.75, 3.05) is 11.3 Å². The lowest BCUT2D eigenvalue weighted by Crippen LogP contribution is -2.10. The van der Waals surface area contributed by atoms with Crippen LogP contribution in [0.1, 0.15) is 5.56 Å². The van der Waals surface area contributed by atoms with Gasteiger partial charge in [-0.25, -0.2) is 10.1 Å². The molecule has 0 aliphatic rings. The summed E-state index contributed by atoms with van der Waals surface area (Å²) < 4.78 is 2.41. The van der Waals surface area contributed by atoms with Crippen LogP contribution in [0.25, 0.3) is 0 Å². The molecule has 2 rings (SSSR count). The van der Waals surface area contributed by atoms with E-state index < -0.39 is 0 Å². The number of hydrogen-bond acceptors (Lipinski definition) is 5. The summed E-state index contributed by atoms with van der Waals surface area (Å²) in [6.45, 7) is 0. The second kappa shape index (κ2) is 4.92. The van der Waals surface area contributed by atoms with Gasteiger partial charge in [0.15, 0.2) is 0 Å². The highest BCUT2D eigenvalue weighted by molar-refractivity contribution is 14.1. The van der Waals surface area contributed by atoms with Crippen molar-refractivity contribution >= 4 is 34.8 Å². The summed E-state index contributed by atoms with van der Waals surface area (Å²) in [7, 11) is 0. The average Bonchev–Trinajstić information content (AvgIpc) is 2.65. The van der Waals surface area contributed by atoms with E-state index in [4.69, 9.17) is 5.84 Å².